The van der Waals surface area contributed by atoms with Crippen LogP contribution in [0.15, 0.2) is 18.5 Å². The molecule has 18 heavy (non-hydrogen) atoms. The van der Waals surface area contributed by atoms with E-state index in [-0.39, 0.29) is 11.6 Å². The lowest BCUT2D eigenvalue weighted by atomic mass is 10.2. The molecule has 0 saturated carbocycles. The zero-order valence-electron chi connectivity index (χ0n) is 10.5. The standard InChI is InChI=1S/C12H17N3O3/c1-3-4-5-15(2)12(18)14-10-6-9(11(16)17)7-13-8-10/h6-8H,3-5H2,1-2H3,(H,14,18)(H,16,17). The molecule has 0 aromatic carbocycles. The average molecular weight is 251 g/mol. The maximum Gasteiger partial charge on any atom is 0.337 e. The first kappa shape index (κ1) is 14.0. The predicted octanol–water partition coefficient (Wildman–Crippen LogP) is 2.04. The van der Waals surface area contributed by atoms with Gasteiger partial charge < -0.3 is 15.3 Å². The number of carbonyl (C=O) groups is 2. The number of rotatable bonds is 5. The van der Waals surface area contributed by atoms with E-state index in [2.05, 4.69) is 10.3 Å². The molecule has 6 nitrogen and oxygen atoms in total. The molecule has 0 saturated heterocycles. The molecule has 6 heteroatoms. The summed E-state index contributed by atoms with van der Waals surface area (Å²) < 4.78 is 0. The van der Waals surface area contributed by atoms with Gasteiger partial charge in [0.1, 0.15) is 0 Å². The minimum absolute atomic E-state index is 0.0454. The summed E-state index contributed by atoms with van der Waals surface area (Å²) in [5, 5.41) is 11.4. The van der Waals surface area contributed by atoms with Crippen LogP contribution in [-0.2, 0) is 0 Å². The number of pyridine rings is 1. The number of aromatic nitrogens is 1. The molecule has 0 spiro atoms. The minimum atomic E-state index is -1.07. The number of carboxylic acids is 1. The Kier molecular flexibility index (Phi) is 5.10. The molecule has 0 fully saturated rings. The van der Waals surface area contributed by atoms with Crippen molar-refractivity contribution in [2.45, 2.75) is 19.8 Å². The summed E-state index contributed by atoms with van der Waals surface area (Å²) >= 11 is 0. The maximum atomic E-state index is 11.7. The predicted molar refractivity (Wildman–Crippen MR) is 67.8 cm³/mol. The number of hydrogen-bond acceptors (Lipinski definition) is 3. The van der Waals surface area contributed by atoms with Crippen LogP contribution < -0.4 is 5.32 Å². The van der Waals surface area contributed by atoms with Crippen LogP contribution in [0.3, 0.4) is 0 Å². The molecule has 0 aliphatic rings. The molecule has 1 heterocycles. The van der Waals surface area contributed by atoms with Crippen molar-refractivity contribution in [2.24, 2.45) is 0 Å². The lowest BCUT2D eigenvalue weighted by Gasteiger charge is -2.17. The summed E-state index contributed by atoms with van der Waals surface area (Å²) in [5.74, 6) is -1.07. The summed E-state index contributed by atoms with van der Waals surface area (Å²) in [5.41, 5.74) is 0.423. The van der Waals surface area contributed by atoms with Crippen LogP contribution in [-0.4, -0.2) is 40.6 Å². The lowest BCUT2D eigenvalue weighted by molar-refractivity contribution is 0.0696. The molecule has 2 amide bonds. The Hall–Kier alpha value is -2.11. The number of carbonyl (C=O) groups excluding carboxylic acids is 1. The van der Waals surface area contributed by atoms with E-state index in [9.17, 15) is 9.59 Å². The summed E-state index contributed by atoms with van der Waals surface area (Å²) in [4.78, 5) is 27.8. The molecule has 0 unspecified atom stereocenters. The molecule has 0 radical (unpaired) electrons. The van der Waals surface area contributed by atoms with Crippen LogP contribution in [0.1, 0.15) is 30.1 Å². The fraction of sp³-hybridized carbons (Fsp3) is 0.417. The second-order valence-electron chi connectivity index (χ2n) is 3.97. The Bertz CT molecular complexity index is 434. The number of amides is 2. The van der Waals surface area contributed by atoms with Gasteiger partial charge in [-0.3, -0.25) is 4.98 Å². The zero-order valence-corrected chi connectivity index (χ0v) is 10.5. The zero-order chi connectivity index (χ0) is 13.5. The van der Waals surface area contributed by atoms with Gasteiger partial charge in [-0.05, 0) is 12.5 Å². The third-order valence-electron chi connectivity index (χ3n) is 2.43. The molecule has 1 rings (SSSR count). The first-order valence-electron chi connectivity index (χ1n) is 5.75. The van der Waals surface area contributed by atoms with Crippen molar-refractivity contribution >= 4 is 17.7 Å². The van der Waals surface area contributed by atoms with Gasteiger partial charge in [-0.25, -0.2) is 9.59 Å². The summed E-state index contributed by atoms with van der Waals surface area (Å²) in [6.45, 7) is 2.71. The number of anilines is 1. The van der Waals surface area contributed by atoms with Crippen LogP contribution in [0, 0.1) is 0 Å². The molecular weight excluding hydrogens is 234 g/mol. The Labute approximate surface area is 106 Å². The van der Waals surface area contributed by atoms with Gasteiger partial charge in [0.25, 0.3) is 0 Å². The monoisotopic (exact) mass is 251 g/mol. The first-order chi connectivity index (χ1) is 8.54. The minimum Gasteiger partial charge on any atom is -0.478 e. The normalized spacial score (nSPS) is 9.89. The van der Waals surface area contributed by atoms with Crippen LogP contribution in [0.25, 0.3) is 0 Å². The van der Waals surface area contributed by atoms with Crippen molar-refractivity contribution in [3.05, 3.63) is 24.0 Å². The van der Waals surface area contributed by atoms with Crippen molar-refractivity contribution in [2.75, 3.05) is 18.9 Å². The van der Waals surface area contributed by atoms with Crippen molar-refractivity contribution in [3.8, 4) is 0 Å². The Morgan fingerprint density at radius 3 is 2.78 bits per heavy atom. The summed E-state index contributed by atoms with van der Waals surface area (Å²) in [7, 11) is 1.69. The van der Waals surface area contributed by atoms with Crippen molar-refractivity contribution < 1.29 is 14.7 Å². The molecule has 1 aromatic rings. The fourth-order valence-corrected chi connectivity index (χ4v) is 1.34. The number of nitrogens with one attached hydrogen (secondary N) is 1. The third kappa shape index (κ3) is 4.04. The van der Waals surface area contributed by atoms with Gasteiger partial charge in [0.15, 0.2) is 0 Å². The average Bonchev–Trinajstić information content (AvgIpc) is 2.36. The largest absolute Gasteiger partial charge is 0.478 e. The van der Waals surface area contributed by atoms with Crippen LogP contribution >= 0.6 is 0 Å². The highest BCUT2D eigenvalue weighted by atomic mass is 16.4. The number of urea groups is 1. The number of nitrogens with zero attached hydrogens (tertiary/aromatic N) is 2. The Morgan fingerprint density at radius 1 is 1.44 bits per heavy atom. The molecule has 2 N–H and O–H groups in total. The van der Waals surface area contributed by atoms with Crippen LogP contribution in [0.5, 0.6) is 0 Å². The summed E-state index contributed by atoms with van der Waals surface area (Å²) in [6, 6.07) is 1.11. The van der Waals surface area contributed by atoms with Gasteiger partial charge in [-0.2, -0.15) is 0 Å². The van der Waals surface area contributed by atoms with E-state index >= 15 is 0 Å². The molecule has 98 valence electrons. The lowest BCUT2D eigenvalue weighted by Crippen LogP contribution is -2.32. The van der Waals surface area contributed by atoms with Gasteiger partial charge >= 0.3 is 12.0 Å². The van der Waals surface area contributed by atoms with Gasteiger partial charge in [0, 0.05) is 19.8 Å². The van der Waals surface area contributed by atoms with E-state index in [1.807, 2.05) is 6.92 Å². The van der Waals surface area contributed by atoms with E-state index < -0.39 is 5.97 Å². The van der Waals surface area contributed by atoms with E-state index in [0.717, 1.165) is 12.8 Å². The first-order valence-corrected chi connectivity index (χ1v) is 5.75. The van der Waals surface area contributed by atoms with E-state index in [0.29, 0.717) is 12.2 Å². The molecule has 0 bridgehead atoms. The van der Waals surface area contributed by atoms with Gasteiger partial charge in [-0.15, -0.1) is 0 Å². The number of unbranched alkanes of at least 4 members (excludes halogenated alkanes) is 1. The number of hydrogen-bond donors (Lipinski definition) is 2. The second-order valence-corrected chi connectivity index (χ2v) is 3.97. The highest BCUT2D eigenvalue weighted by molar-refractivity contribution is 5.92. The molecule has 0 atom stereocenters. The maximum absolute atomic E-state index is 11.7. The van der Waals surface area contributed by atoms with E-state index in [4.69, 9.17) is 5.11 Å². The Balaban J connectivity index is 2.64. The van der Waals surface area contributed by atoms with Crippen LogP contribution in [0.2, 0.25) is 0 Å². The van der Waals surface area contributed by atoms with E-state index in [1.54, 1.807) is 11.9 Å². The molecule has 0 aliphatic heterocycles. The molecule has 1 aromatic heterocycles. The molecular formula is C12H17N3O3. The van der Waals surface area contributed by atoms with E-state index in [1.165, 1.54) is 18.5 Å². The van der Waals surface area contributed by atoms with Crippen molar-refractivity contribution in [1.29, 1.82) is 0 Å². The second kappa shape index (κ2) is 6.58. The van der Waals surface area contributed by atoms with Crippen molar-refractivity contribution in [1.82, 2.24) is 9.88 Å². The smallest absolute Gasteiger partial charge is 0.337 e. The Morgan fingerprint density at radius 2 is 2.17 bits per heavy atom. The number of carboxylic acid groups (broad SMARTS) is 1. The highest BCUT2D eigenvalue weighted by Crippen LogP contribution is 2.09. The van der Waals surface area contributed by atoms with Crippen molar-refractivity contribution in [3.63, 3.8) is 0 Å². The highest BCUT2D eigenvalue weighted by Gasteiger charge is 2.10. The fourth-order valence-electron chi connectivity index (χ4n) is 1.34. The number of aromatic carboxylic acids is 1. The third-order valence-corrected chi connectivity index (χ3v) is 2.43. The van der Waals surface area contributed by atoms with Gasteiger partial charge in [0.2, 0.25) is 0 Å². The topological polar surface area (TPSA) is 82.5 Å². The van der Waals surface area contributed by atoms with Crippen LogP contribution in [0.4, 0.5) is 10.5 Å². The quantitative estimate of drug-likeness (QED) is 0.839. The summed E-state index contributed by atoms with van der Waals surface area (Å²) in [6.07, 6.45) is 4.59. The SMILES string of the molecule is CCCCN(C)C(=O)Nc1cncc(C(=O)O)c1. The van der Waals surface area contributed by atoms with Gasteiger partial charge in [-0.1, -0.05) is 13.3 Å². The molecule has 0 aliphatic carbocycles. The van der Waals surface area contributed by atoms with Gasteiger partial charge in [0.05, 0.1) is 17.4 Å².